The maximum Gasteiger partial charge on any atom is 0.123 e. The van der Waals surface area contributed by atoms with Crippen LogP contribution in [0.4, 0.5) is 0 Å². The van der Waals surface area contributed by atoms with Crippen molar-refractivity contribution in [1.82, 2.24) is 5.32 Å². The molecule has 17 heavy (non-hydrogen) atoms. The fourth-order valence-electron chi connectivity index (χ4n) is 2.35. The van der Waals surface area contributed by atoms with Crippen LogP contribution < -0.4 is 10.1 Å². The van der Waals surface area contributed by atoms with Crippen LogP contribution in [-0.4, -0.2) is 18.7 Å². The standard InChI is InChI=1S/C15H19NO/c1-3-5-9-13(16-4-2)15-11-12-8-6-7-10-14(12)17-15/h1,6-8,10,13,15-16H,4-5,9,11H2,2H3. The van der Waals surface area contributed by atoms with Gasteiger partial charge < -0.3 is 10.1 Å². The zero-order chi connectivity index (χ0) is 12.1. The maximum absolute atomic E-state index is 5.99. The van der Waals surface area contributed by atoms with E-state index < -0.39 is 0 Å². The van der Waals surface area contributed by atoms with Gasteiger partial charge in [-0.3, -0.25) is 0 Å². The van der Waals surface area contributed by atoms with Gasteiger partial charge in [-0.05, 0) is 24.6 Å². The van der Waals surface area contributed by atoms with E-state index in [0.29, 0.717) is 6.04 Å². The Morgan fingerprint density at radius 2 is 2.35 bits per heavy atom. The molecule has 0 spiro atoms. The Labute approximate surface area is 103 Å². The summed E-state index contributed by atoms with van der Waals surface area (Å²) < 4.78 is 5.99. The Morgan fingerprint density at radius 3 is 3.06 bits per heavy atom. The lowest BCUT2D eigenvalue weighted by atomic mass is 10.0. The average Bonchev–Trinajstić information content (AvgIpc) is 2.78. The summed E-state index contributed by atoms with van der Waals surface area (Å²) in [6.45, 7) is 3.07. The molecule has 0 radical (unpaired) electrons. The van der Waals surface area contributed by atoms with Crippen LogP contribution in [0, 0.1) is 12.3 Å². The third kappa shape index (κ3) is 2.81. The van der Waals surface area contributed by atoms with Crippen molar-refractivity contribution >= 4 is 0 Å². The van der Waals surface area contributed by atoms with Crippen LogP contribution in [0.25, 0.3) is 0 Å². The van der Waals surface area contributed by atoms with Crippen molar-refractivity contribution in [3.8, 4) is 18.1 Å². The predicted octanol–water partition coefficient (Wildman–Crippen LogP) is 2.38. The van der Waals surface area contributed by atoms with Gasteiger partial charge in [0, 0.05) is 18.9 Å². The zero-order valence-electron chi connectivity index (χ0n) is 10.3. The Bertz CT molecular complexity index is 383. The number of fused-ring (bicyclic) bond motifs is 1. The number of para-hydroxylation sites is 1. The van der Waals surface area contributed by atoms with Gasteiger partial charge in [0.1, 0.15) is 11.9 Å². The minimum atomic E-state index is 0.223. The fraction of sp³-hybridized carbons (Fsp3) is 0.467. The molecule has 0 aromatic heterocycles. The Balaban J connectivity index is 2.01. The smallest absolute Gasteiger partial charge is 0.123 e. The maximum atomic E-state index is 5.99. The average molecular weight is 229 g/mol. The number of rotatable bonds is 5. The van der Waals surface area contributed by atoms with Crippen molar-refractivity contribution in [2.75, 3.05) is 6.54 Å². The molecule has 1 N–H and O–H groups in total. The van der Waals surface area contributed by atoms with E-state index in [-0.39, 0.29) is 6.10 Å². The summed E-state index contributed by atoms with van der Waals surface area (Å²) in [5.41, 5.74) is 1.31. The highest BCUT2D eigenvalue weighted by Crippen LogP contribution is 2.30. The highest BCUT2D eigenvalue weighted by molar-refractivity contribution is 5.37. The van der Waals surface area contributed by atoms with Crippen LogP contribution in [0.1, 0.15) is 25.3 Å². The first kappa shape index (κ1) is 12.0. The highest BCUT2D eigenvalue weighted by Gasteiger charge is 2.29. The first-order valence-corrected chi connectivity index (χ1v) is 6.26. The monoisotopic (exact) mass is 229 g/mol. The summed E-state index contributed by atoms with van der Waals surface area (Å²) in [6, 6.07) is 8.61. The Morgan fingerprint density at radius 1 is 1.53 bits per heavy atom. The molecule has 2 heteroatoms. The normalized spacial score (nSPS) is 19.2. The number of ether oxygens (including phenoxy) is 1. The summed E-state index contributed by atoms with van der Waals surface area (Å²) in [5, 5.41) is 3.47. The molecule has 0 saturated carbocycles. The summed E-state index contributed by atoms with van der Waals surface area (Å²) in [6.07, 6.45) is 8.32. The van der Waals surface area contributed by atoms with Crippen LogP contribution >= 0.6 is 0 Å². The second kappa shape index (κ2) is 5.75. The number of hydrogen-bond donors (Lipinski definition) is 1. The van der Waals surface area contributed by atoms with Crippen LogP contribution in [0.3, 0.4) is 0 Å². The van der Waals surface area contributed by atoms with Crippen molar-refractivity contribution < 1.29 is 4.74 Å². The molecular formula is C15H19NO. The first-order valence-electron chi connectivity index (χ1n) is 6.26. The third-order valence-corrected chi connectivity index (χ3v) is 3.19. The minimum Gasteiger partial charge on any atom is -0.488 e. The van der Waals surface area contributed by atoms with Crippen LogP contribution in [-0.2, 0) is 6.42 Å². The van der Waals surface area contributed by atoms with E-state index in [0.717, 1.165) is 31.6 Å². The van der Waals surface area contributed by atoms with Crippen molar-refractivity contribution in [3.63, 3.8) is 0 Å². The van der Waals surface area contributed by atoms with Crippen molar-refractivity contribution in [2.45, 2.75) is 38.3 Å². The fourth-order valence-corrected chi connectivity index (χ4v) is 2.35. The highest BCUT2D eigenvalue weighted by atomic mass is 16.5. The molecule has 0 aliphatic carbocycles. The largest absolute Gasteiger partial charge is 0.488 e. The molecule has 2 atom stereocenters. The molecule has 2 nitrogen and oxygen atoms in total. The van der Waals surface area contributed by atoms with Gasteiger partial charge in [0.25, 0.3) is 0 Å². The second-order valence-corrected chi connectivity index (χ2v) is 4.38. The van der Waals surface area contributed by atoms with Gasteiger partial charge in [0.2, 0.25) is 0 Å². The SMILES string of the molecule is C#CCCC(NCC)C1Cc2ccccc2O1. The molecule has 1 heterocycles. The first-order chi connectivity index (χ1) is 8.35. The summed E-state index contributed by atoms with van der Waals surface area (Å²) in [5.74, 6) is 3.73. The molecular weight excluding hydrogens is 210 g/mol. The van der Waals surface area contributed by atoms with E-state index in [4.69, 9.17) is 11.2 Å². The molecule has 2 unspecified atom stereocenters. The lowest BCUT2D eigenvalue weighted by molar-refractivity contribution is 0.174. The number of terminal acetylenes is 1. The van der Waals surface area contributed by atoms with Crippen LogP contribution in [0.2, 0.25) is 0 Å². The molecule has 1 aliphatic rings. The number of benzene rings is 1. The number of hydrogen-bond acceptors (Lipinski definition) is 2. The number of nitrogens with one attached hydrogen (secondary N) is 1. The zero-order valence-corrected chi connectivity index (χ0v) is 10.3. The molecule has 0 bridgehead atoms. The lowest BCUT2D eigenvalue weighted by Gasteiger charge is -2.23. The molecule has 1 aromatic carbocycles. The van der Waals surface area contributed by atoms with Crippen LogP contribution in [0.5, 0.6) is 5.75 Å². The summed E-state index contributed by atoms with van der Waals surface area (Å²) >= 11 is 0. The van der Waals surface area contributed by atoms with Crippen LogP contribution in [0.15, 0.2) is 24.3 Å². The molecule has 90 valence electrons. The quantitative estimate of drug-likeness (QED) is 0.783. The van der Waals surface area contributed by atoms with Gasteiger partial charge in [-0.1, -0.05) is 25.1 Å². The lowest BCUT2D eigenvalue weighted by Crippen LogP contribution is -2.42. The van der Waals surface area contributed by atoms with Gasteiger partial charge in [-0.15, -0.1) is 12.3 Å². The van der Waals surface area contributed by atoms with Gasteiger partial charge in [0.05, 0.1) is 0 Å². The Hall–Kier alpha value is -1.46. The molecule has 1 aromatic rings. The van der Waals surface area contributed by atoms with Gasteiger partial charge in [-0.2, -0.15) is 0 Å². The minimum absolute atomic E-state index is 0.223. The van der Waals surface area contributed by atoms with E-state index in [9.17, 15) is 0 Å². The van der Waals surface area contributed by atoms with E-state index >= 15 is 0 Å². The van der Waals surface area contributed by atoms with Crippen molar-refractivity contribution in [3.05, 3.63) is 29.8 Å². The second-order valence-electron chi connectivity index (χ2n) is 4.38. The van der Waals surface area contributed by atoms with E-state index in [1.54, 1.807) is 0 Å². The molecule has 1 aliphatic heterocycles. The molecule has 0 amide bonds. The van der Waals surface area contributed by atoms with Gasteiger partial charge in [-0.25, -0.2) is 0 Å². The third-order valence-electron chi connectivity index (χ3n) is 3.19. The molecule has 0 saturated heterocycles. The Kier molecular flexibility index (Phi) is 4.06. The van der Waals surface area contributed by atoms with Gasteiger partial charge in [0.15, 0.2) is 0 Å². The topological polar surface area (TPSA) is 21.3 Å². The van der Waals surface area contributed by atoms with Crippen molar-refractivity contribution in [1.29, 1.82) is 0 Å². The van der Waals surface area contributed by atoms with E-state index in [2.05, 4.69) is 30.3 Å². The number of likely N-dealkylation sites (N-methyl/N-ethyl adjacent to an activating group) is 1. The predicted molar refractivity (Wildman–Crippen MR) is 70.1 cm³/mol. The van der Waals surface area contributed by atoms with E-state index in [1.165, 1.54) is 5.56 Å². The summed E-state index contributed by atoms with van der Waals surface area (Å²) in [7, 11) is 0. The van der Waals surface area contributed by atoms with Gasteiger partial charge >= 0.3 is 0 Å². The molecule has 2 rings (SSSR count). The summed E-state index contributed by atoms with van der Waals surface area (Å²) in [4.78, 5) is 0. The molecule has 0 fully saturated rings. The van der Waals surface area contributed by atoms with E-state index in [1.807, 2.05) is 12.1 Å². The van der Waals surface area contributed by atoms with Crippen molar-refractivity contribution in [2.24, 2.45) is 0 Å².